The molecule has 138 heavy (non-hydrogen) atoms. The smallest absolute Gasteiger partial charge is 0.230 e. The summed E-state index contributed by atoms with van der Waals surface area (Å²) in [6.45, 7) is 138. The van der Waals surface area contributed by atoms with Crippen LogP contribution in [0.5, 0.6) is 0 Å². The number of aryl methyl sites for hydroxylation is 3. The van der Waals surface area contributed by atoms with E-state index < -0.39 is 0 Å². The number of thiophene rings is 2. The van der Waals surface area contributed by atoms with Crippen molar-refractivity contribution in [2.45, 2.75) is 522 Å². The molecule has 0 N–H and O–H groups in total. The summed E-state index contributed by atoms with van der Waals surface area (Å²) in [5, 5.41) is 4.42. The molecule has 0 radical (unpaired) electrons. The number of benzene rings is 1. The minimum Gasteiger partial charge on any atom is -0.468 e. The molecule has 9 heterocycles. The summed E-state index contributed by atoms with van der Waals surface area (Å²) < 4.78 is 12.2. The topological polar surface area (TPSA) is 103 Å². The molecule has 2 aliphatic heterocycles. The molecule has 0 saturated carbocycles. The Balaban J connectivity index is 0.000000767. The van der Waals surface area contributed by atoms with Gasteiger partial charge in [0, 0.05) is 140 Å². The van der Waals surface area contributed by atoms with Gasteiger partial charge in [0.15, 0.2) is 0 Å². The molecule has 7 aromatic heterocycles. The first-order valence-corrected chi connectivity index (χ1v) is 53.3. The number of furan rings is 1. The molecule has 1 amide bonds. The average molecular weight is 1940 g/mol. The van der Waals surface area contributed by atoms with Crippen LogP contribution in [0.25, 0.3) is 0 Å². The zero-order valence-electron chi connectivity index (χ0n) is 103. The van der Waals surface area contributed by atoms with Crippen LogP contribution >= 0.6 is 22.7 Å². The largest absolute Gasteiger partial charge is 0.468 e. The summed E-state index contributed by atoms with van der Waals surface area (Å²) in [5.74, 6) is 1.34. The normalized spacial score (nSPS) is 14.5. The number of hydrogen-bond acceptors (Lipinski definition) is 9. The van der Waals surface area contributed by atoms with Gasteiger partial charge >= 0.3 is 0 Å². The first kappa shape index (κ1) is 129. The van der Waals surface area contributed by atoms with Crippen molar-refractivity contribution in [3.63, 3.8) is 0 Å². The van der Waals surface area contributed by atoms with Crippen molar-refractivity contribution in [1.82, 2.24) is 43.4 Å². The Morgan fingerprint density at radius 2 is 0.725 bits per heavy atom. The zero-order valence-corrected chi connectivity index (χ0v) is 104. The molecule has 786 valence electrons. The van der Waals surface area contributed by atoms with Crippen LogP contribution in [-0.2, 0) is 106 Å². The number of carbonyl (C=O) groups is 1. The third kappa shape index (κ3) is 39.2. The van der Waals surface area contributed by atoms with Crippen molar-refractivity contribution in [2.75, 3.05) is 20.6 Å². The monoisotopic (exact) mass is 1940 g/mol. The van der Waals surface area contributed by atoms with Crippen molar-refractivity contribution in [3.8, 4) is 0 Å². The molecular formula is C125H217N9O2S2. The highest BCUT2D eigenvalue weighted by Gasteiger charge is 2.41. The Kier molecular flexibility index (Phi) is 43.4. The van der Waals surface area contributed by atoms with Gasteiger partial charge in [-0.05, 0) is 178 Å². The summed E-state index contributed by atoms with van der Waals surface area (Å²) in [6, 6.07) is 15.4. The molecule has 11 nitrogen and oxygen atoms in total. The third-order valence-electron chi connectivity index (χ3n) is 24.5. The highest BCUT2D eigenvalue weighted by molar-refractivity contribution is 7.10. The lowest BCUT2D eigenvalue weighted by Gasteiger charge is -2.32. The van der Waals surface area contributed by atoms with E-state index in [1.807, 2.05) is 59.7 Å². The Bertz CT molecular complexity index is 4620. The summed E-state index contributed by atoms with van der Waals surface area (Å²) in [4.78, 5) is 36.3. The fourth-order valence-corrected chi connectivity index (χ4v) is 20.7. The molecule has 0 aliphatic carbocycles. The van der Waals surface area contributed by atoms with Gasteiger partial charge in [-0.15, -0.1) is 22.7 Å². The van der Waals surface area contributed by atoms with Gasteiger partial charge in [-0.3, -0.25) is 4.79 Å². The van der Waals surface area contributed by atoms with Gasteiger partial charge in [0.05, 0.1) is 36.7 Å². The molecule has 0 atom stereocenters. The van der Waals surface area contributed by atoms with Gasteiger partial charge in [-0.2, -0.15) is 0 Å². The molecule has 0 spiro atoms. The summed E-state index contributed by atoms with van der Waals surface area (Å²) in [5.41, 5.74) is 27.5. The fraction of sp³-hybridized carbons (Fsp3) is 0.704. The highest BCUT2D eigenvalue weighted by atomic mass is 32.1. The molecule has 8 aromatic rings. The second-order valence-corrected chi connectivity index (χ2v) is 61.9. The van der Waals surface area contributed by atoms with E-state index in [0.29, 0.717) is 11.8 Å². The minimum atomic E-state index is 0.0452. The molecule has 13 heteroatoms. The molecule has 0 fully saturated rings. The second-order valence-electron chi connectivity index (χ2n) is 60.0. The first-order valence-electron chi connectivity index (χ1n) is 51.6. The zero-order chi connectivity index (χ0) is 109. The summed E-state index contributed by atoms with van der Waals surface area (Å²) in [7, 11) is 8.34. The van der Waals surface area contributed by atoms with Crippen molar-refractivity contribution in [3.05, 3.63) is 208 Å². The summed E-state index contributed by atoms with van der Waals surface area (Å²) >= 11 is 3.77. The van der Waals surface area contributed by atoms with E-state index in [1.165, 1.54) is 101 Å². The maximum atomic E-state index is 11.8. The van der Waals surface area contributed by atoms with Crippen molar-refractivity contribution >= 4 is 28.6 Å². The number of allylic oxidation sites excluding steroid dienone is 2. The van der Waals surface area contributed by atoms with Crippen LogP contribution in [0.3, 0.4) is 0 Å². The molecule has 0 bridgehead atoms. The van der Waals surface area contributed by atoms with Crippen LogP contribution in [0.1, 0.15) is 517 Å². The Hall–Kier alpha value is -6.57. The number of carbonyl (C=O) groups excluding carboxylic acids is 1. The van der Waals surface area contributed by atoms with E-state index in [1.54, 1.807) is 23.9 Å². The number of nitrogens with zero attached hydrogens (tertiary/aromatic N) is 9. The predicted molar refractivity (Wildman–Crippen MR) is 613 cm³/mol. The number of hydrogen-bond donors (Lipinski definition) is 0. The molecule has 1 aromatic carbocycles. The Morgan fingerprint density at radius 3 is 0.986 bits per heavy atom. The van der Waals surface area contributed by atoms with Gasteiger partial charge in [0.2, 0.25) is 5.91 Å². The number of amides is 1. The van der Waals surface area contributed by atoms with Crippen LogP contribution in [0.15, 0.2) is 124 Å². The van der Waals surface area contributed by atoms with Crippen molar-refractivity contribution in [1.29, 1.82) is 0 Å². The van der Waals surface area contributed by atoms with Crippen LogP contribution in [-0.4, -0.2) is 70.0 Å². The van der Waals surface area contributed by atoms with Crippen LogP contribution < -0.4 is 0 Å². The fourth-order valence-electron chi connectivity index (χ4n) is 18.3. The standard InChI is InChI=1S/C14H25N.C14H22.C13H23NO.C13H25N.C12H22N2.C12H20N2.C12H20O.2C12H20S.C11H20N2/c1-10-9-15(8)12(14(5,6)7)11(10)13(2,3)4;1-13(2,3)11-9-7-8-10-12(11)14(4,5)6;1-12(2,3)9-8-10(15)14(7)11(9)13(4,5)6;1-12(2,3)10-8-9-14(7)11(10)13(4,5)6;1-11(2,3)9-10(12(4,5)6)14(7)8-13-9;1-11(2,3)9-7-13-8-14-10(9)12(4,5)6;3*1-11(2,3)9-7-8-13-10(9)12(4,5)6;1-10(2,3)9-7-12-8-13(9)11(4,5)6/h9H,1-8H3;7-10H,1-6H3;8H2,1-7H3;8-9H2,1-7H3;8H,1-7H3;7-8H,1-6H3;4*7-8H,1-6H3. The third-order valence-corrected chi connectivity index (χ3v) is 27.2. The maximum absolute atomic E-state index is 11.8. The Labute approximate surface area is 861 Å². The van der Waals surface area contributed by atoms with E-state index in [0.717, 1.165) is 11.5 Å². The Morgan fingerprint density at radius 1 is 0.333 bits per heavy atom. The molecule has 10 rings (SSSR count). The molecular weight excluding hydrogens is 1720 g/mol. The lowest BCUT2D eigenvalue weighted by molar-refractivity contribution is -0.126. The highest BCUT2D eigenvalue weighted by Crippen LogP contribution is 2.48. The average Bonchev–Trinajstić information content (AvgIpc) is 1.64. The lowest BCUT2D eigenvalue weighted by atomic mass is 9.75. The van der Waals surface area contributed by atoms with E-state index >= 15 is 0 Å². The molecule has 2 aliphatic rings. The van der Waals surface area contributed by atoms with E-state index in [-0.39, 0.29) is 109 Å². The quantitative estimate of drug-likeness (QED) is 0.149. The predicted octanol–water partition coefficient (Wildman–Crippen LogP) is 36.7. The van der Waals surface area contributed by atoms with E-state index in [4.69, 9.17) is 4.42 Å². The van der Waals surface area contributed by atoms with Gasteiger partial charge in [-0.1, -0.05) is 419 Å². The van der Waals surface area contributed by atoms with E-state index in [9.17, 15) is 4.79 Å². The van der Waals surface area contributed by atoms with E-state index in [2.05, 4.69) is 541 Å². The van der Waals surface area contributed by atoms with Gasteiger partial charge in [-0.25, -0.2) is 19.9 Å². The van der Waals surface area contributed by atoms with Gasteiger partial charge < -0.3 is 27.9 Å². The van der Waals surface area contributed by atoms with Crippen LogP contribution in [0.2, 0.25) is 0 Å². The number of imidazole rings is 2. The SMILES string of the molecule is CC(C)(C)c1ccccc1C(C)(C)C.CC(C)(C)c1ccoc1C(C)(C)C.CC(C)(C)c1ccsc1C(C)(C)C.CC(C)(C)c1ccsc1C(C)(C)C.CC(C)(C)c1cncn1C(C)(C)C.CC(C)(C)c1cncnc1C(C)(C)C.CN1C(=O)CC(C(C)(C)C)=C1C(C)(C)C.CN1CCC(C(C)(C)C)=C1C(C)(C)C.Cc1cn(C)c(C(C)(C)C)c1C(C)(C)C.Cn1cnc(C(C)(C)C)c1C(C)(C)C. The minimum absolute atomic E-state index is 0.0452. The van der Waals surface area contributed by atoms with Crippen LogP contribution in [0.4, 0.5) is 0 Å². The first-order chi connectivity index (χ1) is 60.7. The maximum Gasteiger partial charge on any atom is 0.230 e. The van der Waals surface area contributed by atoms with Crippen molar-refractivity contribution in [2.24, 2.45) is 35.8 Å². The van der Waals surface area contributed by atoms with Gasteiger partial charge in [0.1, 0.15) is 12.1 Å². The molecule has 0 saturated heterocycles. The lowest BCUT2D eigenvalue weighted by Crippen LogP contribution is -2.28. The summed E-state index contributed by atoms with van der Waals surface area (Å²) in [6.07, 6.45) is 15.2. The van der Waals surface area contributed by atoms with Crippen LogP contribution in [0, 0.1) is 28.6 Å². The number of rotatable bonds is 0. The number of aromatic nitrogens is 7. The van der Waals surface area contributed by atoms with Crippen molar-refractivity contribution < 1.29 is 9.21 Å². The van der Waals surface area contributed by atoms with Gasteiger partial charge in [0.25, 0.3) is 0 Å². The molecule has 0 unspecified atom stereocenters. The second kappa shape index (κ2) is 46.2.